The molecule has 0 spiro atoms. The van der Waals surface area contributed by atoms with Crippen molar-refractivity contribution in [2.24, 2.45) is 0 Å². The van der Waals surface area contributed by atoms with Crippen LogP contribution in [0.25, 0.3) is 11.1 Å². The highest BCUT2D eigenvalue weighted by atomic mass is 16.5. The quantitative estimate of drug-likeness (QED) is 0.443. The molecule has 0 unspecified atom stereocenters. The van der Waals surface area contributed by atoms with Crippen LogP contribution in [0.4, 0.5) is 5.69 Å². The second-order valence-corrected chi connectivity index (χ2v) is 9.15. The molecule has 0 heterocycles. The van der Waals surface area contributed by atoms with Gasteiger partial charge >= 0.3 is 0 Å². The van der Waals surface area contributed by atoms with E-state index >= 15 is 0 Å². The summed E-state index contributed by atoms with van der Waals surface area (Å²) in [6.45, 7) is 4.30. The minimum atomic E-state index is 0.330. The fourth-order valence-electron chi connectivity index (χ4n) is 4.87. The third-order valence-corrected chi connectivity index (χ3v) is 7.04. The number of likely N-dealkylation sites (N-methyl/N-ethyl adjacent to an activating group) is 1. The number of aryl methyl sites for hydroxylation is 1. The zero-order valence-corrected chi connectivity index (χ0v) is 20.2. The van der Waals surface area contributed by atoms with Gasteiger partial charge in [-0.1, -0.05) is 43.3 Å². The predicted octanol–water partition coefficient (Wildman–Crippen LogP) is 5.61. The largest absolute Gasteiger partial charge is 0.507 e. The number of rotatable bonds is 8. The molecule has 0 aromatic heterocycles. The number of ether oxygens (including phenoxy) is 1. The van der Waals surface area contributed by atoms with E-state index in [2.05, 4.69) is 55.3 Å². The number of nitrogen functional groups attached to an aromatic ring is 1. The first-order valence-electron chi connectivity index (χ1n) is 12.1. The van der Waals surface area contributed by atoms with Crippen LogP contribution in [0.3, 0.4) is 0 Å². The molecule has 0 amide bonds. The highest BCUT2D eigenvalue weighted by Gasteiger charge is 2.22. The topological polar surface area (TPSA) is 58.7 Å². The van der Waals surface area contributed by atoms with Crippen LogP contribution in [-0.4, -0.2) is 37.3 Å². The number of fused-ring (bicyclic) bond motifs is 1. The lowest BCUT2D eigenvalue weighted by Gasteiger charge is -2.23. The van der Waals surface area contributed by atoms with Crippen molar-refractivity contribution in [3.63, 3.8) is 0 Å². The van der Waals surface area contributed by atoms with Gasteiger partial charge in [-0.15, -0.1) is 0 Å². The number of methoxy groups -OCH3 is 1. The van der Waals surface area contributed by atoms with Crippen molar-refractivity contribution in [1.29, 1.82) is 0 Å². The molecule has 0 saturated heterocycles. The molecule has 0 aliphatic heterocycles. The summed E-state index contributed by atoms with van der Waals surface area (Å²) in [6, 6.07) is 16.7. The maximum atomic E-state index is 10.9. The predicted molar refractivity (Wildman–Crippen MR) is 137 cm³/mol. The summed E-state index contributed by atoms with van der Waals surface area (Å²) in [5.41, 5.74) is 15.4. The smallest absolute Gasteiger partial charge is 0.142 e. The van der Waals surface area contributed by atoms with Crippen LogP contribution >= 0.6 is 0 Å². The van der Waals surface area contributed by atoms with E-state index < -0.39 is 0 Å². The van der Waals surface area contributed by atoms with Gasteiger partial charge in [0.2, 0.25) is 0 Å². The van der Waals surface area contributed by atoms with Crippen molar-refractivity contribution in [3.05, 3.63) is 76.3 Å². The first kappa shape index (κ1) is 23.2. The highest BCUT2D eigenvalue weighted by Crippen LogP contribution is 2.43. The Morgan fingerprint density at radius 3 is 2.42 bits per heavy atom. The summed E-state index contributed by atoms with van der Waals surface area (Å²) in [4.78, 5) is 2.32. The standard InChI is InChI=1S/C29H36N2O2/c1-4-31(2)18-17-20-9-11-21(12-10-20)19-25-24(14-16-27(33-3)29(25)30)28-23-8-6-5-7-22(23)13-15-26(28)32/h9-16,32H,4-8,17-19,30H2,1-3H3. The summed E-state index contributed by atoms with van der Waals surface area (Å²) in [5.74, 6) is 1.01. The number of benzene rings is 3. The number of phenolic OH excluding ortho intramolecular Hbond substituents is 1. The Bertz CT molecular complexity index is 1110. The summed E-state index contributed by atoms with van der Waals surface area (Å²) in [6.07, 6.45) is 6.15. The molecule has 4 rings (SSSR count). The van der Waals surface area contributed by atoms with E-state index in [4.69, 9.17) is 10.5 Å². The summed E-state index contributed by atoms with van der Waals surface area (Å²) >= 11 is 0. The third kappa shape index (κ3) is 5.01. The van der Waals surface area contributed by atoms with Gasteiger partial charge in [0, 0.05) is 18.5 Å². The molecule has 0 radical (unpaired) electrons. The summed E-state index contributed by atoms with van der Waals surface area (Å²) in [7, 11) is 3.80. The van der Waals surface area contributed by atoms with Crippen molar-refractivity contribution in [2.45, 2.75) is 45.4 Å². The molecule has 33 heavy (non-hydrogen) atoms. The van der Waals surface area contributed by atoms with Gasteiger partial charge in [-0.05, 0) is 91.2 Å². The van der Waals surface area contributed by atoms with E-state index in [0.717, 1.165) is 55.5 Å². The summed E-state index contributed by atoms with van der Waals surface area (Å²) < 4.78 is 5.55. The van der Waals surface area contributed by atoms with Crippen LogP contribution in [0, 0.1) is 0 Å². The number of nitrogens with zero attached hydrogens (tertiary/aromatic N) is 1. The Balaban J connectivity index is 1.71. The fraction of sp³-hybridized carbons (Fsp3) is 0.379. The number of aromatic hydroxyl groups is 1. The van der Waals surface area contributed by atoms with Crippen molar-refractivity contribution in [3.8, 4) is 22.6 Å². The zero-order chi connectivity index (χ0) is 23.4. The van der Waals surface area contributed by atoms with Gasteiger partial charge in [-0.2, -0.15) is 0 Å². The molecule has 0 atom stereocenters. The second kappa shape index (κ2) is 10.3. The molecule has 1 aliphatic rings. The Labute approximate surface area is 198 Å². The van der Waals surface area contributed by atoms with E-state index in [9.17, 15) is 5.11 Å². The van der Waals surface area contributed by atoms with E-state index in [1.807, 2.05) is 12.1 Å². The number of phenols is 1. The van der Waals surface area contributed by atoms with Gasteiger partial charge in [0.25, 0.3) is 0 Å². The normalized spacial score (nSPS) is 13.2. The van der Waals surface area contributed by atoms with E-state index in [1.54, 1.807) is 7.11 Å². The molecule has 0 fully saturated rings. The Morgan fingerprint density at radius 1 is 0.970 bits per heavy atom. The van der Waals surface area contributed by atoms with Crippen LogP contribution in [0.1, 0.15) is 47.6 Å². The Kier molecular flexibility index (Phi) is 7.24. The van der Waals surface area contributed by atoms with Crippen LogP contribution in [-0.2, 0) is 25.7 Å². The molecule has 0 bridgehead atoms. The Hall–Kier alpha value is -2.98. The number of hydrogen-bond donors (Lipinski definition) is 2. The van der Waals surface area contributed by atoms with Gasteiger partial charge in [0.05, 0.1) is 12.8 Å². The molecule has 174 valence electrons. The molecule has 4 nitrogen and oxygen atoms in total. The molecule has 3 aromatic carbocycles. The van der Waals surface area contributed by atoms with Gasteiger partial charge in [-0.3, -0.25) is 0 Å². The van der Waals surface area contributed by atoms with Gasteiger partial charge in [0.15, 0.2) is 0 Å². The average Bonchev–Trinajstić information content (AvgIpc) is 2.85. The van der Waals surface area contributed by atoms with E-state index in [0.29, 0.717) is 23.6 Å². The Morgan fingerprint density at radius 2 is 1.70 bits per heavy atom. The van der Waals surface area contributed by atoms with Crippen LogP contribution in [0.15, 0.2) is 48.5 Å². The van der Waals surface area contributed by atoms with Crippen LogP contribution < -0.4 is 10.5 Å². The number of anilines is 1. The zero-order valence-electron chi connectivity index (χ0n) is 20.2. The van der Waals surface area contributed by atoms with Gasteiger partial charge in [-0.25, -0.2) is 0 Å². The minimum absolute atomic E-state index is 0.330. The first-order valence-corrected chi connectivity index (χ1v) is 12.1. The van der Waals surface area contributed by atoms with Crippen molar-refractivity contribution in [1.82, 2.24) is 4.90 Å². The molecule has 4 heteroatoms. The molecule has 3 N–H and O–H groups in total. The minimum Gasteiger partial charge on any atom is -0.507 e. The first-order chi connectivity index (χ1) is 16.0. The maximum Gasteiger partial charge on any atom is 0.142 e. The average molecular weight is 445 g/mol. The second-order valence-electron chi connectivity index (χ2n) is 9.15. The van der Waals surface area contributed by atoms with Gasteiger partial charge in [0.1, 0.15) is 11.5 Å². The van der Waals surface area contributed by atoms with E-state index in [-0.39, 0.29) is 0 Å². The number of hydrogen-bond acceptors (Lipinski definition) is 4. The van der Waals surface area contributed by atoms with Crippen molar-refractivity contribution < 1.29 is 9.84 Å². The molecule has 3 aromatic rings. The van der Waals surface area contributed by atoms with Gasteiger partial charge < -0.3 is 20.5 Å². The lowest BCUT2D eigenvalue weighted by atomic mass is 9.83. The van der Waals surface area contributed by atoms with Crippen molar-refractivity contribution >= 4 is 5.69 Å². The lowest BCUT2D eigenvalue weighted by molar-refractivity contribution is 0.357. The lowest BCUT2D eigenvalue weighted by Crippen LogP contribution is -2.20. The fourth-order valence-corrected chi connectivity index (χ4v) is 4.87. The van der Waals surface area contributed by atoms with E-state index in [1.165, 1.54) is 28.7 Å². The van der Waals surface area contributed by atoms with Crippen LogP contribution in [0.5, 0.6) is 11.5 Å². The van der Waals surface area contributed by atoms with Crippen LogP contribution in [0.2, 0.25) is 0 Å². The maximum absolute atomic E-state index is 10.9. The highest BCUT2D eigenvalue weighted by molar-refractivity contribution is 5.83. The molecular formula is C29H36N2O2. The van der Waals surface area contributed by atoms with Crippen molar-refractivity contribution in [2.75, 3.05) is 33.0 Å². The number of nitrogens with two attached hydrogens (primary N) is 1. The molecule has 0 saturated carbocycles. The molecular weight excluding hydrogens is 408 g/mol. The SMILES string of the molecule is CCN(C)CCc1ccc(Cc2c(-c3c(O)ccc4c3CCCC4)ccc(OC)c2N)cc1. The molecule has 1 aliphatic carbocycles. The third-order valence-electron chi connectivity index (χ3n) is 7.04. The monoisotopic (exact) mass is 444 g/mol. The summed E-state index contributed by atoms with van der Waals surface area (Å²) in [5, 5.41) is 10.9.